The van der Waals surface area contributed by atoms with Crippen molar-refractivity contribution in [3.05, 3.63) is 0 Å². The van der Waals surface area contributed by atoms with Gasteiger partial charge in [0, 0.05) is 0 Å². The summed E-state index contributed by atoms with van der Waals surface area (Å²) >= 11 is 0. The highest BCUT2D eigenvalue weighted by atomic mass is 16.6. The van der Waals surface area contributed by atoms with E-state index in [2.05, 4.69) is 5.32 Å². The van der Waals surface area contributed by atoms with Crippen LogP contribution in [0.3, 0.4) is 0 Å². The predicted octanol–water partition coefficient (Wildman–Crippen LogP) is 0.646. The van der Waals surface area contributed by atoms with Crippen LogP contribution in [-0.4, -0.2) is 29.4 Å². The van der Waals surface area contributed by atoms with E-state index < -0.39 is 5.60 Å². The Kier molecular flexibility index (Phi) is 2.57. The lowest BCUT2D eigenvalue weighted by molar-refractivity contribution is 0.0656. The molecular weight excluding hydrogens is 158 g/mol. The lowest BCUT2D eigenvalue weighted by atomic mass is 10.00. The smallest absolute Gasteiger partial charge is 0.407 e. The zero-order valence-corrected chi connectivity index (χ0v) is 7.46. The molecule has 1 rings (SSSR count). The van der Waals surface area contributed by atoms with E-state index in [0.717, 1.165) is 6.42 Å². The maximum Gasteiger partial charge on any atom is 0.407 e. The van der Waals surface area contributed by atoms with Crippen molar-refractivity contribution >= 4 is 6.09 Å². The van der Waals surface area contributed by atoms with Crippen LogP contribution >= 0.6 is 0 Å². The Hall–Kier alpha value is -0.770. The molecule has 1 aliphatic heterocycles. The molecule has 0 aromatic rings. The van der Waals surface area contributed by atoms with Gasteiger partial charge in [-0.2, -0.15) is 0 Å². The molecule has 0 aromatic heterocycles. The van der Waals surface area contributed by atoms with E-state index in [0.29, 0.717) is 13.0 Å². The van der Waals surface area contributed by atoms with Crippen molar-refractivity contribution in [1.82, 2.24) is 5.32 Å². The second-order valence-electron chi connectivity index (χ2n) is 3.79. The second-order valence-corrected chi connectivity index (χ2v) is 3.79. The maximum atomic E-state index is 10.6. The Bertz CT molecular complexity index is 174. The van der Waals surface area contributed by atoms with Crippen molar-refractivity contribution in [3.8, 4) is 0 Å². The van der Waals surface area contributed by atoms with Crippen molar-refractivity contribution in [2.24, 2.45) is 0 Å². The molecule has 1 amide bonds. The van der Waals surface area contributed by atoms with Crippen molar-refractivity contribution in [2.45, 2.75) is 38.3 Å². The van der Waals surface area contributed by atoms with Gasteiger partial charge in [-0.05, 0) is 26.7 Å². The molecule has 0 aliphatic carbocycles. The Morgan fingerprint density at radius 1 is 1.75 bits per heavy atom. The normalized spacial score (nSPS) is 23.6. The summed E-state index contributed by atoms with van der Waals surface area (Å²) in [7, 11) is 0. The Balaban J connectivity index is 2.20. The molecule has 1 atom stereocenters. The van der Waals surface area contributed by atoms with Crippen molar-refractivity contribution in [3.63, 3.8) is 0 Å². The standard InChI is InChI=1S/C8H15NO3/c1-8(2,11)4-3-6-5-12-7(10)9-6/h6,11H,3-5H2,1-2H3,(H,9,10)/t6-/m1/s1. The highest BCUT2D eigenvalue weighted by Gasteiger charge is 2.24. The number of cyclic esters (lactones) is 1. The molecule has 70 valence electrons. The predicted molar refractivity (Wildman–Crippen MR) is 43.8 cm³/mol. The first kappa shape index (κ1) is 9.32. The van der Waals surface area contributed by atoms with Crippen LogP contribution in [0.15, 0.2) is 0 Å². The Morgan fingerprint density at radius 3 is 2.83 bits per heavy atom. The molecule has 1 saturated heterocycles. The average molecular weight is 173 g/mol. The van der Waals surface area contributed by atoms with Gasteiger partial charge < -0.3 is 15.2 Å². The summed E-state index contributed by atoms with van der Waals surface area (Å²) in [5.74, 6) is 0. The fraction of sp³-hybridized carbons (Fsp3) is 0.875. The van der Waals surface area contributed by atoms with E-state index in [1.165, 1.54) is 0 Å². The minimum atomic E-state index is -0.659. The summed E-state index contributed by atoms with van der Waals surface area (Å²) in [5.41, 5.74) is -0.659. The van der Waals surface area contributed by atoms with Gasteiger partial charge >= 0.3 is 6.09 Å². The van der Waals surface area contributed by atoms with Crippen LogP contribution in [0.1, 0.15) is 26.7 Å². The number of rotatable bonds is 3. The number of carbonyl (C=O) groups is 1. The van der Waals surface area contributed by atoms with Gasteiger partial charge in [0.2, 0.25) is 0 Å². The van der Waals surface area contributed by atoms with E-state index in [-0.39, 0.29) is 12.1 Å². The van der Waals surface area contributed by atoms with Gasteiger partial charge in [-0.25, -0.2) is 4.79 Å². The summed E-state index contributed by atoms with van der Waals surface area (Å²) in [4.78, 5) is 10.6. The maximum absolute atomic E-state index is 10.6. The van der Waals surface area contributed by atoms with Crippen LogP contribution in [0.4, 0.5) is 4.79 Å². The molecular formula is C8H15NO3. The van der Waals surface area contributed by atoms with Crippen LogP contribution in [0, 0.1) is 0 Å². The largest absolute Gasteiger partial charge is 0.447 e. The molecule has 1 fully saturated rings. The Labute approximate surface area is 71.9 Å². The van der Waals surface area contributed by atoms with Gasteiger partial charge in [0.25, 0.3) is 0 Å². The van der Waals surface area contributed by atoms with Crippen LogP contribution < -0.4 is 5.32 Å². The number of ether oxygens (including phenoxy) is 1. The lowest BCUT2D eigenvalue weighted by Gasteiger charge is -2.18. The van der Waals surface area contributed by atoms with Crippen LogP contribution in [0.2, 0.25) is 0 Å². The molecule has 0 bridgehead atoms. The number of alkyl carbamates (subject to hydrolysis) is 1. The molecule has 0 aromatic carbocycles. The van der Waals surface area contributed by atoms with E-state index in [9.17, 15) is 9.90 Å². The third-order valence-electron chi connectivity index (χ3n) is 1.84. The fourth-order valence-corrected chi connectivity index (χ4v) is 1.11. The molecule has 0 saturated carbocycles. The number of carbonyl (C=O) groups excluding carboxylic acids is 1. The number of nitrogens with one attached hydrogen (secondary N) is 1. The summed E-state index contributed by atoms with van der Waals surface area (Å²) < 4.78 is 4.70. The molecule has 12 heavy (non-hydrogen) atoms. The Morgan fingerprint density at radius 2 is 2.42 bits per heavy atom. The minimum absolute atomic E-state index is 0.0731. The van der Waals surface area contributed by atoms with E-state index in [1.54, 1.807) is 13.8 Å². The van der Waals surface area contributed by atoms with E-state index in [1.807, 2.05) is 0 Å². The lowest BCUT2D eigenvalue weighted by Crippen LogP contribution is -2.29. The number of aliphatic hydroxyl groups is 1. The molecule has 4 heteroatoms. The topological polar surface area (TPSA) is 58.6 Å². The summed E-state index contributed by atoms with van der Waals surface area (Å²) in [5, 5.41) is 12.0. The summed E-state index contributed by atoms with van der Waals surface area (Å²) in [6.07, 6.45) is 1.08. The molecule has 1 aliphatic rings. The molecule has 0 radical (unpaired) electrons. The van der Waals surface area contributed by atoms with Gasteiger partial charge in [0.1, 0.15) is 6.61 Å². The van der Waals surface area contributed by atoms with Crippen LogP contribution in [-0.2, 0) is 4.74 Å². The monoisotopic (exact) mass is 173 g/mol. The van der Waals surface area contributed by atoms with Crippen molar-refractivity contribution < 1.29 is 14.6 Å². The highest BCUT2D eigenvalue weighted by Crippen LogP contribution is 2.14. The first-order valence-electron chi connectivity index (χ1n) is 4.13. The highest BCUT2D eigenvalue weighted by molar-refractivity contribution is 5.69. The summed E-state index contributed by atoms with van der Waals surface area (Å²) in [6, 6.07) is 0.0731. The van der Waals surface area contributed by atoms with Crippen molar-refractivity contribution in [2.75, 3.05) is 6.61 Å². The molecule has 1 heterocycles. The summed E-state index contributed by atoms with van der Waals surface area (Å²) in [6.45, 7) is 3.93. The average Bonchev–Trinajstić information content (AvgIpc) is 2.30. The third kappa shape index (κ3) is 3.09. The van der Waals surface area contributed by atoms with Gasteiger partial charge in [-0.3, -0.25) is 0 Å². The van der Waals surface area contributed by atoms with E-state index in [4.69, 9.17) is 4.74 Å². The second kappa shape index (κ2) is 3.31. The van der Waals surface area contributed by atoms with Gasteiger partial charge in [0.05, 0.1) is 11.6 Å². The van der Waals surface area contributed by atoms with Gasteiger partial charge in [-0.15, -0.1) is 0 Å². The molecule has 0 unspecified atom stereocenters. The molecule has 2 N–H and O–H groups in total. The third-order valence-corrected chi connectivity index (χ3v) is 1.84. The fourth-order valence-electron chi connectivity index (χ4n) is 1.11. The van der Waals surface area contributed by atoms with Crippen LogP contribution in [0.25, 0.3) is 0 Å². The van der Waals surface area contributed by atoms with E-state index >= 15 is 0 Å². The number of amides is 1. The SMILES string of the molecule is CC(C)(O)CC[C@@H]1COC(=O)N1. The zero-order chi connectivity index (χ0) is 9.19. The number of hydrogen-bond acceptors (Lipinski definition) is 3. The quantitative estimate of drug-likeness (QED) is 0.658. The molecule has 0 spiro atoms. The first-order valence-corrected chi connectivity index (χ1v) is 4.13. The molecule has 4 nitrogen and oxygen atoms in total. The zero-order valence-electron chi connectivity index (χ0n) is 7.46. The minimum Gasteiger partial charge on any atom is -0.447 e. The first-order chi connectivity index (χ1) is 5.47. The van der Waals surface area contributed by atoms with Gasteiger partial charge in [0.15, 0.2) is 0 Å². The van der Waals surface area contributed by atoms with Crippen molar-refractivity contribution in [1.29, 1.82) is 0 Å². The van der Waals surface area contributed by atoms with Crippen LogP contribution in [0.5, 0.6) is 0 Å². The van der Waals surface area contributed by atoms with Gasteiger partial charge in [-0.1, -0.05) is 0 Å². The number of hydrogen-bond donors (Lipinski definition) is 2.